The van der Waals surface area contributed by atoms with Gasteiger partial charge in [-0.05, 0) is 12.8 Å². The Hall–Kier alpha value is 0.870. The van der Waals surface area contributed by atoms with E-state index in [-0.39, 0.29) is 37.0 Å². The number of hydrogen-bond acceptors (Lipinski definition) is 2. The van der Waals surface area contributed by atoms with Crippen molar-refractivity contribution in [3.05, 3.63) is 0 Å². The Labute approximate surface area is 96.8 Å². The van der Waals surface area contributed by atoms with Gasteiger partial charge in [0.15, 0.2) is 0 Å². The molecule has 0 amide bonds. The Morgan fingerprint density at radius 2 is 1.75 bits per heavy atom. The molecule has 0 aromatic rings. The molecule has 0 spiro atoms. The molecule has 0 aliphatic heterocycles. The van der Waals surface area contributed by atoms with Crippen LogP contribution >= 0.6 is 0 Å². The van der Waals surface area contributed by atoms with Crippen LogP contribution in [0.15, 0.2) is 0 Å². The van der Waals surface area contributed by atoms with E-state index >= 15 is 0 Å². The van der Waals surface area contributed by atoms with Crippen molar-refractivity contribution in [1.82, 2.24) is 4.72 Å². The predicted octanol–water partition coefficient (Wildman–Crippen LogP) is -2.17. The minimum absolute atomic E-state index is 0. The quantitative estimate of drug-likeness (QED) is 0.396. The van der Waals surface area contributed by atoms with E-state index in [1.165, 1.54) is 6.42 Å². The van der Waals surface area contributed by atoms with Gasteiger partial charge >= 0.3 is 39.9 Å². The molecule has 0 saturated heterocycles. The SMILES string of the molecule is O=S(=O)(O)NC1CCCCC1.[H-].[Na+]. The number of rotatable bonds is 2. The van der Waals surface area contributed by atoms with Crippen LogP contribution in [0, 0.1) is 0 Å². The Kier molecular flexibility index (Phi) is 5.97. The van der Waals surface area contributed by atoms with Gasteiger partial charge in [0.1, 0.15) is 0 Å². The normalized spacial score (nSPS) is 20.1. The van der Waals surface area contributed by atoms with Crippen LogP contribution in [0.4, 0.5) is 0 Å². The van der Waals surface area contributed by atoms with Gasteiger partial charge in [-0.15, -0.1) is 0 Å². The molecule has 2 N–H and O–H groups in total. The third kappa shape index (κ3) is 5.50. The van der Waals surface area contributed by atoms with Gasteiger partial charge in [0.2, 0.25) is 0 Å². The third-order valence-corrected chi connectivity index (χ3v) is 2.55. The molecule has 1 saturated carbocycles. The van der Waals surface area contributed by atoms with Crippen LogP contribution in [0.5, 0.6) is 0 Å². The summed E-state index contributed by atoms with van der Waals surface area (Å²) in [6.45, 7) is 0. The zero-order valence-corrected chi connectivity index (χ0v) is 10.1. The van der Waals surface area contributed by atoms with Gasteiger partial charge < -0.3 is 1.43 Å². The van der Waals surface area contributed by atoms with Gasteiger partial charge in [-0.1, -0.05) is 19.3 Å². The summed E-state index contributed by atoms with van der Waals surface area (Å²) in [5.74, 6) is 0. The Morgan fingerprint density at radius 3 is 2.17 bits per heavy atom. The van der Waals surface area contributed by atoms with Gasteiger partial charge in [-0.25, -0.2) is 0 Å². The van der Waals surface area contributed by atoms with E-state index in [1.807, 2.05) is 0 Å². The van der Waals surface area contributed by atoms with Crippen LogP contribution in [0.25, 0.3) is 0 Å². The summed E-state index contributed by atoms with van der Waals surface area (Å²) in [5.41, 5.74) is 0. The summed E-state index contributed by atoms with van der Waals surface area (Å²) in [7, 11) is -3.97. The first kappa shape index (κ1) is 12.9. The minimum atomic E-state index is -3.97. The number of nitrogens with one attached hydrogen (secondary N) is 1. The Balaban J connectivity index is 0. The van der Waals surface area contributed by atoms with Crippen molar-refractivity contribution in [3.63, 3.8) is 0 Å². The minimum Gasteiger partial charge on any atom is -1.00 e. The average molecular weight is 203 g/mol. The summed E-state index contributed by atoms with van der Waals surface area (Å²) in [6, 6.07) is -0.0428. The van der Waals surface area contributed by atoms with Crippen molar-refractivity contribution in [2.75, 3.05) is 0 Å². The van der Waals surface area contributed by atoms with Crippen molar-refractivity contribution in [1.29, 1.82) is 0 Å². The fourth-order valence-electron chi connectivity index (χ4n) is 1.43. The molecule has 1 aliphatic carbocycles. The second kappa shape index (κ2) is 5.57. The van der Waals surface area contributed by atoms with Gasteiger partial charge in [0.25, 0.3) is 0 Å². The second-order valence-corrected chi connectivity index (χ2v) is 4.11. The zero-order chi connectivity index (χ0) is 8.32. The Morgan fingerprint density at radius 1 is 1.25 bits per heavy atom. The molecule has 0 atom stereocenters. The van der Waals surface area contributed by atoms with Gasteiger partial charge in [0.05, 0.1) is 0 Å². The molecule has 0 radical (unpaired) electrons. The van der Waals surface area contributed by atoms with Crippen molar-refractivity contribution >= 4 is 10.3 Å². The molecule has 1 fully saturated rings. The molecule has 6 heteroatoms. The topological polar surface area (TPSA) is 66.4 Å². The standard InChI is InChI=1S/C6H13NO3S.Na.H/c8-11(9,10)7-6-4-2-1-3-5-6;;/h6-7H,1-5H2,(H,8,9,10);;/q;+1;-1. The van der Waals surface area contributed by atoms with Crippen molar-refractivity contribution < 1.29 is 44.0 Å². The molecular weight excluding hydrogens is 189 g/mol. The predicted molar refractivity (Wildman–Crippen MR) is 42.7 cm³/mol. The van der Waals surface area contributed by atoms with Crippen LogP contribution in [-0.4, -0.2) is 19.0 Å². The molecule has 12 heavy (non-hydrogen) atoms. The fourth-order valence-corrected chi connectivity index (χ4v) is 2.09. The van der Waals surface area contributed by atoms with E-state index in [9.17, 15) is 8.42 Å². The molecule has 4 nitrogen and oxygen atoms in total. The summed E-state index contributed by atoms with van der Waals surface area (Å²) < 4.78 is 31.3. The Bertz CT molecular complexity index is 216. The molecular formula is C6H14NNaO3S. The first-order valence-electron chi connectivity index (χ1n) is 3.83. The van der Waals surface area contributed by atoms with Gasteiger partial charge in [-0.2, -0.15) is 13.1 Å². The van der Waals surface area contributed by atoms with E-state index in [2.05, 4.69) is 4.72 Å². The van der Waals surface area contributed by atoms with E-state index in [0.29, 0.717) is 0 Å². The average Bonchev–Trinajstić information content (AvgIpc) is 1.85. The summed E-state index contributed by atoms with van der Waals surface area (Å²) >= 11 is 0. The van der Waals surface area contributed by atoms with Crippen LogP contribution in [0.1, 0.15) is 33.5 Å². The van der Waals surface area contributed by atoms with Crippen molar-refractivity contribution in [3.8, 4) is 0 Å². The largest absolute Gasteiger partial charge is 1.00 e. The number of hydrogen-bond donors (Lipinski definition) is 2. The monoisotopic (exact) mass is 203 g/mol. The fraction of sp³-hybridized carbons (Fsp3) is 1.00. The molecule has 68 valence electrons. The van der Waals surface area contributed by atoms with Crippen molar-refractivity contribution in [2.24, 2.45) is 0 Å². The first-order valence-corrected chi connectivity index (χ1v) is 5.27. The maximum Gasteiger partial charge on any atom is 1.00 e. The molecule has 0 heterocycles. The second-order valence-electron chi connectivity index (χ2n) is 2.93. The van der Waals surface area contributed by atoms with Crippen LogP contribution < -0.4 is 34.3 Å². The molecule has 0 aromatic heterocycles. The summed E-state index contributed by atoms with van der Waals surface area (Å²) in [6.07, 6.45) is 4.96. The van der Waals surface area contributed by atoms with Crippen LogP contribution in [0.2, 0.25) is 0 Å². The molecule has 1 rings (SSSR count). The zero-order valence-electron chi connectivity index (χ0n) is 8.28. The van der Waals surface area contributed by atoms with Gasteiger partial charge in [-0.3, -0.25) is 4.55 Å². The van der Waals surface area contributed by atoms with E-state index in [4.69, 9.17) is 4.55 Å². The van der Waals surface area contributed by atoms with Crippen LogP contribution in [-0.2, 0) is 10.3 Å². The van der Waals surface area contributed by atoms with Gasteiger partial charge in [0, 0.05) is 6.04 Å². The van der Waals surface area contributed by atoms with Crippen molar-refractivity contribution in [2.45, 2.75) is 38.1 Å². The smallest absolute Gasteiger partial charge is 1.00 e. The molecule has 1 aliphatic rings. The molecule has 0 unspecified atom stereocenters. The molecule has 0 bridgehead atoms. The van der Waals surface area contributed by atoms with E-state index in [1.54, 1.807) is 0 Å². The third-order valence-electron chi connectivity index (χ3n) is 1.92. The maximum atomic E-state index is 10.3. The maximum absolute atomic E-state index is 10.3. The van der Waals surface area contributed by atoms with Crippen LogP contribution in [0.3, 0.4) is 0 Å². The summed E-state index contributed by atoms with van der Waals surface area (Å²) in [5, 5.41) is 0. The molecule has 0 aromatic carbocycles. The van der Waals surface area contributed by atoms with E-state index in [0.717, 1.165) is 25.7 Å². The van der Waals surface area contributed by atoms with E-state index < -0.39 is 10.3 Å². The summed E-state index contributed by atoms with van der Waals surface area (Å²) in [4.78, 5) is 0. The first-order chi connectivity index (χ1) is 5.08.